The van der Waals surface area contributed by atoms with Crippen molar-refractivity contribution < 1.29 is 24.6 Å². The largest absolute Gasteiger partial charge is 0.481 e. The molecule has 4 N–H and O–H groups in total. The lowest BCUT2D eigenvalue weighted by Crippen LogP contribution is -2.53. The molecular weight excluding hydrogens is 264 g/mol. The fraction of sp³-hybridized carbons (Fsp3) is 0.769. The Bertz CT molecular complexity index is 394. The lowest BCUT2D eigenvalue weighted by atomic mass is 9.73. The van der Waals surface area contributed by atoms with Gasteiger partial charge in [-0.1, -0.05) is 26.7 Å². The van der Waals surface area contributed by atoms with Gasteiger partial charge in [-0.15, -0.1) is 0 Å². The van der Waals surface area contributed by atoms with Crippen molar-refractivity contribution >= 4 is 18.0 Å². The Hall–Kier alpha value is -1.79. The van der Waals surface area contributed by atoms with E-state index in [1.807, 2.05) is 0 Å². The molecule has 0 spiro atoms. The fourth-order valence-corrected chi connectivity index (χ4v) is 2.49. The van der Waals surface area contributed by atoms with Gasteiger partial charge in [0.2, 0.25) is 0 Å². The number of amides is 2. The van der Waals surface area contributed by atoms with Crippen molar-refractivity contribution in [3.63, 3.8) is 0 Å². The number of urea groups is 1. The first-order chi connectivity index (χ1) is 9.22. The van der Waals surface area contributed by atoms with Crippen molar-refractivity contribution in [3.05, 3.63) is 0 Å². The molecule has 0 aromatic carbocycles. The van der Waals surface area contributed by atoms with Gasteiger partial charge >= 0.3 is 18.0 Å². The summed E-state index contributed by atoms with van der Waals surface area (Å²) in [4.78, 5) is 33.3. The average Bonchev–Trinajstić information content (AvgIpc) is 2.30. The molecule has 0 aliphatic heterocycles. The van der Waals surface area contributed by atoms with E-state index in [0.29, 0.717) is 0 Å². The van der Waals surface area contributed by atoms with Gasteiger partial charge in [-0.05, 0) is 18.3 Å². The van der Waals surface area contributed by atoms with Crippen LogP contribution in [-0.4, -0.2) is 40.3 Å². The van der Waals surface area contributed by atoms with E-state index in [1.165, 1.54) is 0 Å². The highest BCUT2D eigenvalue weighted by molar-refractivity contribution is 5.86. The lowest BCUT2D eigenvalue weighted by molar-refractivity contribution is -0.145. The SMILES string of the molecule is CC1(C)CCCCC1NC(=O)N[C@@H](CC(=O)O)C(=O)O. The molecule has 7 heteroatoms. The topological polar surface area (TPSA) is 116 Å². The Morgan fingerprint density at radius 2 is 1.90 bits per heavy atom. The molecule has 1 unspecified atom stereocenters. The van der Waals surface area contributed by atoms with E-state index >= 15 is 0 Å². The van der Waals surface area contributed by atoms with E-state index in [4.69, 9.17) is 10.2 Å². The van der Waals surface area contributed by atoms with Crippen LogP contribution < -0.4 is 10.6 Å². The molecule has 0 heterocycles. The highest BCUT2D eigenvalue weighted by Gasteiger charge is 2.34. The molecule has 0 bridgehead atoms. The summed E-state index contributed by atoms with van der Waals surface area (Å²) in [6, 6.07) is -2.08. The summed E-state index contributed by atoms with van der Waals surface area (Å²) < 4.78 is 0. The van der Waals surface area contributed by atoms with E-state index in [9.17, 15) is 14.4 Å². The van der Waals surface area contributed by atoms with Crippen LogP contribution in [0.4, 0.5) is 4.79 Å². The van der Waals surface area contributed by atoms with Crippen LogP contribution in [-0.2, 0) is 9.59 Å². The second-order valence-corrected chi connectivity index (χ2v) is 5.89. The number of aliphatic carboxylic acids is 2. The fourth-order valence-electron chi connectivity index (χ4n) is 2.49. The molecule has 0 aromatic heterocycles. The summed E-state index contributed by atoms with van der Waals surface area (Å²) >= 11 is 0. The molecule has 1 saturated carbocycles. The van der Waals surface area contributed by atoms with Crippen molar-refractivity contribution in [1.82, 2.24) is 10.6 Å². The first-order valence-electron chi connectivity index (χ1n) is 6.74. The van der Waals surface area contributed by atoms with E-state index in [0.717, 1.165) is 25.7 Å². The average molecular weight is 286 g/mol. The zero-order valence-corrected chi connectivity index (χ0v) is 11.8. The number of nitrogens with one attached hydrogen (secondary N) is 2. The van der Waals surface area contributed by atoms with Crippen LogP contribution >= 0.6 is 0 Å². The predicted molar refractivity (Wildman–Crippen MR) is 71.4 cm³/mol. The van der Waals surface area contributed by atoms with Gasteiger partial charge in [0.1, 0.15) is 6.04 Å². The summed E-state index contributed by atoms with van der Waals surface area (Å²) in [5, 5.41) is 22.5. The zero-order valence-electron chi connectivity index (χ0n) is 11.8. The molecule has 0 saturated heterocycles. The second-order valence-electron chi connectivity index (χ2n) is 5.89. The quantitative estimate of drug-likeness (QED) is 0.605. The predicted octanol–water partition coefficient (Wildman–Crippen LogP) is 1.18. The number of carboxylic acid groups (broad SMARTS) is 2. The van der Waals surface area contributed by atoms with Gasteiger partial charge in [0, 0.05) is 6.04 Å². The van der Waals surface area contributed by atoms with Crippen LogP contribution in [0, 0.1) is 5.41 Å². The second kappa shape index (κ2) is 6.58. The van der Waals surface area contributed by atoms with Gasteiger partial charge in [-0.3, -0.25) is 4.79 Å². The van der Waals surface area contributed by atoms with Crippen molar-refractivity contribution in [1.29, 1.82) is 0 Å². The molecule has 2 amide bonds. The summed E-state index contributed by atoms with van der Waals surface area (Å²) in [6.45, 7) is 4.12. The summed E-state index contributed by atoms with van der Waals surface area (Å²) in [5.41, 5.74) is -0.0406. The van der Waals surface area contributed by atoms with Crippen LogP contribution in [0.15, 0.2) is 0 Å². The number of hydrogen-bond acceptors (Lipinski definition) is 3. The Morgan fingerprint density at radius 1 is 1.25 bits per heavy atom. The molecule has 1 aliphatic carbocycles. The number of carbonyl (C=O) groups is 3. The minimum absolute atomic E-state index is 0.0319. The van der Waals surface area contributed by atoms with Crippen molar-refractivity contribution in [3.8, 4) is 0 Å². The maximum absolute atomic E-state index is 11.8. The monoisotopic (exact) mass is 286 g/mol. The van der Waals surface area contributed by atoms with E-state index in [2.05, 4.69) is 24.5 Å². The first-order valence-corrected chi connectivity index (χ1v) is 6.74. The molecule has 2 atom stereocenters. The van der Waals surface area contributed by atoms with Gasteiger partial charge in [0.05, 0.1) is 6.42 Å². The van der Waals surface area contributed by atoms with Crippen LogP contribution in [0.5, 0.6) is 0 Å². The van der Waals surface area contributed by atoms with Crippen molar-refractivity contribution in [2.75, 3.05) is 0 Å². The minimum atomic E-state index is -1.42. The molecule has 7 nitrogen and oxygen atoms in total. The van der Waals surface area contributed by atoms with Gasteiger partial charge in [0.25, 0.3) is 0 Å². The Kier molecular flexibility index (Phi) is 5.35. The minimum Gasteiger partial charge on any atom is -0.481 e. The molecule has 1 rings (SSSR count). The molecule has 0 radical (unpaired) electrons. The van der Waals surface area contributed by atoms with E-state index in [-0.39, 0.29) is 11.5 Å². The third-order valence-electron chi connectivity index (χ3n) is 3.79. The van der Waals surface area contributed by atoms with Gasteiger partial charge in [0.15, 0.2) is 0 Å². The zero-order chi connectivity index (χ0) is 15.3. The highest BCUT2D eigenvalue weighted by atomic mass is 16.4. The maximum Gasteiger partial charge on any atom is 0.326 e. The van der Waals surface area contributed by atoms with Gasteiger partial charge in [-0.2, -0.15) is 0 Å². The van der Waals surface area contributed by atoms with E-state index < -0.39 is 30.4 Å². The molecule has 1 fully saturated rings. The van der Waals surface area contributed by atoms with Crippen LogP contribution in [0.3, 0.4) is 0 Å². The Balaban J connectivity index is 2.56. The van der Waals surface area contributed by atoms with E-state index in [1.54, 1.807) is 0 Å². The van der Waals surface area contributed by atoms with Crippen LogP contribution in [0.25, 0.3) is 0 Å². The Labute approximate surface area is 117 Å². The lowest BCUT2D eigenvalue weighted by Gasteiger charge is -2.39. The molecule has 1 aliphatic rings. The summed E-state index contributed by atoms with van der Waals surface area (Å²) in [5.74, 6) is -2.62. The molecule has 0 aromatic rings. The molecule has 20 heavy (non-hydrogen) atoms. The standard InChI is InChI=1S/C13H22N2O5/c1-13(2)6-4-3-5-9(13)15-12(20)14-8(11(18)19)7-10(16)17/h8-9H,3-7H2,1-2H3,(H,16,17)(H,18,19)(H2,14,15,20)/t8-,9?/m0/s1. The van der Waals surface area contributed by atoms with Gasteiger partial charge < -0.3 is 20.8 Å². The first kappa shape index (κ1) is 16.3. The Morgan fingerprint density at radius 3 is 2.40 bits per heavy atom. The summed E-state index contributed by atoms with van der Waals surface area (Å²) in [7, 11) is 0. The number of rotatable bonds is 5. The number of hydrogen-bond donors (Lipinski definition) is 4. The normalized spacial score (nSPS) is 22.6. The molecule has 114 valence electrons. The van der Waals surface area contributed by atoms with Crippen LogP contribution in [0.2, 0.25) is 0 Å². The third kappa shape index (κ3) is 4.71. The van der Waals surface area contributed by atoms with Crippen molar-refractivity contribution in [2.24, 2.45) is 5.41 Å². The highest BCUT2D eigenvalue weighted by Crippen LogP contribution is 2.35. The van der Waals surface area contributed by atoms with Crippen LogP contribution in [0.1, 0.15) is 46.0 Å². The molecular formula is C13H22N2O5. The van der Waals surface area contributed by atoms with Gasteiger partial charge in [-0.25, -0.2) is 9.59 Å². The maximum atomic E-state index is 11.8. The third-order valence-corrected chi connectivity index (χ3v) is 3.79. The van der Waals surface area contributed by atoms with Crippen molar-refractivity contribution in [2.45, 2.75) is 58.0 Å². The summed E-state index contributed by atoms with van der Waals surface area (Å²) in [6.07, 6.45) is 3.33. The number of carboxylic acids is 2. The number of carbonyl (C=O) groups excluding carboxylic acids is 1. The smallest absolute Gasteiger partial charge is 0.326 e.